The molecule has 1 N–H and O–H groups in total. The number of nitriles is 1. The summed E-state index contributed by atoms with van der Waals surface area (Å²) in [4.78, 5) is 14.2. The van der Waals surface area contributed by atoms with Gasteiger partial charge >= 0.3 is 6.18 Å². The number of halogens is 3. The van der Waals surface area contributed by atoms with Crippen LogP contribution in [0.4, 0.5) is 19.0 Å². The number of aryl methyl sites for hydroxylation is 1. The van der Waals surface area contributed by atoms with Crippen molar-refractivity contribution in [2.45, 2.75) is 71.3 Å². The minimum atomic E-state index is -4.25. The quantitative estimate of drug-likeness (QED) is 0.228. The van der Waals surface area contributed by atoms with Crippen LogP contribution in [0.15, 0.2) is 30.6 Å². The minimum absolute atomic E-state index is 0.192. The fourth-order valence-electron chi connectivity index (χ4n) is 6.99. The van der Waals surface area contributed by atoms with Gasteiger partial charge in [0, 0.05) is 48.0 Å². The van der Waals surface area contributed by atoms with Crippen molar-refractivity contribution >= 4 is 38.3 Å². The summed E-state index contributed by atoms with van der Waals surface area (Å²) in [6, 6.07) is 10.7. The van der Waals surface area contributed by atoms with Crippen molar-refractivity contribution in [2.24, 2.45) is 11.8 Å². The smallest absolute Gasteiger partial charge is 0.367 e. The van der Waals surface area contributed by atoms with Crippen LogP contribution in [0.1, 0.15) is 54.3 Å². The molecule has 234 valence electrons. The molecule has 44 heavy (non-hydrogen) atoms. The van der Waals surface area contributed by atoms with Gasteiger partial charge in [0.1, 0.15) is 28.7 Å². The number of alkyl halides is 3. The molecule has 3 aromatic heterocycles. The van der Waals surface area contributed by atoms with Crippen molar-refractivity contribution in [3.05, 3.63) is 52.3 Å². The number of piperidine rings is 2. The minimum Gasteiger partial charge on any atom is -0.367 e. The van der Waals surface area contributed by atoms with E-state index in [1.165, 1.54) is 35.7 Å². The van der Waals surface area contributed by atoms with Crippen molar-refractivity contribution in [2.75, 3.05) is 38.5 Å². The van der Waals surface area contributed by atoms with Gasteiger partial charge in [-0.3, -0.25) is 4.90 Å². The second-order valence-corrected chi connectivity index (χ2v) is 13.9. The van der Waals surface area contributed by atoms with E-state index in [-0.39, 0.29) is 10.9 Å². The van der Waals surface area contributed by atoms with Crippen molar-refractivity contribution in [3.63, 3.8) is 0 Å². The van der Waals surface area contributed by atoms with E-state index in [1.807, 2.05) is 0 Å². The van der Waals surface area contributed by atoms with Crippen LogP contribution in [-0.4, -0.2) is 69.8 Å². The number of benzene rings is 1. The highest BCUT2D eigenvalue weighted by Crippen LogP contribution is 2.34. The number of rotatable bonds is 8. The van der Waals surface area contributed by atoms with Crippen LogP contribution >= 0.6 is 11.3 Å². The van der Waals surface area contributed by atoms with Crippen molar-refractivity contribution in [3.8, 4) is 6.07 Å². The van der Waals surface area contributed by atoms with Crippen molar-refractivity contribution in [1.82, 2.24) is 24.3 Å². The lowest BCUT2D eigenvalue weighted by molar-refractivity contribution is -0.126. The zero-order valence-corrected chi connectivity index (χ0v) is 26.4. The average Bonchev–Trinajstić information content (AvgIpc) is 3.56. The fraction of sp³-hybridized carbons (Fsp3) is 0.545. The van der Waals surface area contributed by atoms with Gasteiger partial charge in [-0.05, 0) is 93.9 Å². The van der Waals surface area contributed by atoms with E-state index in [2.05, 4.69) is 74.8 Å². The molecule has 0 amide bonds. The maximum Gasteiger partial charge on any atom is 0.393 e. The molecular weight excluding hydrogens is 583 g/mol. The molecule has 2 aliphatic rings. The normalized spacial score (nSPS) is 18.7. The van der Waals surface area contributed by atoms with Crippen LogP contribution in [-0.2, 0) is 19.5 Å². The number of anilines is 1. The van der Waals surface area contributed by atoms with E-state index in [0.717, 1.165) is 74.7 Å². The Balaban J connectivity index is 1.09. The lowest BCUT2D eigenvalue weighted by Gasteiger charge is -2.33. The van der Waals surface area contributed by atoms with Gasteiger partial charge in [-0.2, -0.15) is 18.4 Å². The number of thiophene rings is 1. The number of nitrogens with zero attached hydrogens (tertiary/aromatic N) is 6. The van der Waals surface area contributed by atoms with Gasteiger partial charge in [0.15, 0.2) is 0 Å². The van der Waals surface area contributed by atoms with Crippen LogP contribution < -0.4 is 5.32 Å². The maximum atomic E-state index is 12.9. The predicted octanol–water partition coefficient (Wildman–Crippen LogP) is 6.99. The van der Waals surface area contributed by atoms with Gasteiger partial charge in [0.25, 0.3) is 0 Å². The maximum absolute atomic E-state index is 12.9. The number of aromatic nitrogens is 3. The van der Waals surface area contributed by atoms with E-state index >= 15 is 0 Å². The van der Waals surface area contributed by atoms with E-state index in [4.69, 9.17) is 0 Å². The topological polar surface area (TPSA) is 73.0 Å². The Bertz CT molecular complexity index is 1650. The number of likely N-dealkylation sites (tertiary alicyclic amines) is 2. The third kappa shape index (κ3) is 6.72. The molecular formula is C33H40F3N7S. The zero-order valence-electron chi connectivity index (χ0n) is 25.6. The van der Waals surface area contributed by atoms with Crippen molar-refractivity contribution < 1.29 is 13.2 Å². The number of nitrogens with one attached hydrogen (secondary N) is 1. The molecule has 11 heteroatoms. The third-order valence-corrected chi connectivity index (χ3v) is 10.7. The van der Waals surface area contributed by atoms with Gasteiger partial charge < -0.3 is 14.8 Å². The van der Waals surface area contributed by atoms with Gasteiger partial charge in [-0.1, -0.05) is 13.0 Å². The Hall–Kier alpha value is -3.20. The summed E-state index contributed by atoms with van der Waals surface area (Å²) in [5.74, 6) is 1.81. The Labute approximate surface area is 260 Å². The summed E-state index contributed by atoms with van der Waals surface area (Å²) in [7, 11) is 2.19. The number of fused-ring (bicyclic) bond motifs is 2. The van der Waals surface area contributed by atoms with Gasteiger partial charge in [0.05, 0.1) is 11.8 Å². The Kier molecular flexibility index (Phi) is 8.86. The van der Waals surface area contributed by atoms with E-state index < -0.39 is 12.6 Å². The Morgan fingerprint density at radius 3 is 2.52 bits per heavy atom. The molecule has 0 saturated carbocycles. The first-order valence-electron chi connectivity index (χ1n) is 15.6. The summed E-state index contributed by atoms with van der Waals surface area (Å²) in [5, 5.41) is 15.3. The highest BCUT2D eigenvalue weighted by molar-refractivity contribution is 7.18. The summed E-state index contributed by atoms with van der Waals surface area (Å²) >= 11 is 1.08. The van der Waals surface area contributed by atoms with E-state index in [9.17, 15) is 18.4 Å². The largest absolute Gasteiger partial charge is 0.393 e. The molecule has 2 fully saturated rings. The molecule has 1 atom stereocenters. The first-order chi connectivity index (χ1) is 21.1. The first kappa shape index (κ1) is 30.8. The Morgan fingerprint density at radius 2 is 1.82 bits per heavy atom. The standard InChI is InChI=1S/C33H40F3N7S/c1-21(23-6-10-41(3)11-7-23)18-43-26(17-37)14-28-22(2)24(4-5-30(28)43)19-42-12-8-25(9-13-42)40-31-29-15-27(16-33(34,35)36)44-32(29)39-20-38-31/h4-5,14-15,20-21,23,25H,6-13,16,18-19H2,1-3H3,(H,38,39,40). The van der Waals surface area contributed by atoms with Crippen molar-refractivity contribution in [1.29, 1.82) is 5.26 Å². The second kappa shape index (κ2) is 12.7. The van der Waals surface area contributed by atoms with Crippen LogP contribution in [0, 0.1) is 30.1 Å². The fourth-order valence-corrected chi connectivity index (χ4v) is 8.02. The number of hydrogen-bond acceptors (Lipinski definition) is 7. The molecule has 2 aliphatic heterocycles. The third-order valence-electron chi connectivity index (χ3n) is 9.70. The highest BCUT2D eigenvalue weighted by Gasteiger charge is 2.29. The van der Waals surface area contributed by atoms with Gasteiger partial charge in [-0.25, -0.2) is 9.97 Å². The molecule has 5 heterocycles. The molecule has 7 nitrogen and oxygen atoms in total. The van der Waals surface area contributed by atoms with Crippen LogP contribution in [0.25, 0.3) is 21.1 Å². The molecule has 0 spiro atoms. The highest BCUT2D eigenvalue weighted by atomic mass is 32.1. The van der Waals surface area contributed by atoms with Crippen LogP contribution in [0.3, 0.4) is 0 Å². The molecule has 0 aliphatic carbocycles. The predicted molar refractivity (Wildman–Crippen MR) is 170 cm³/mol. The lowest BCUT2D eigenvalue weighted by Crippen LogP contribution is -2.39. The number of hydrogen-bond donors (Lipinski definition) is 1. The first-order valence-corrected chi connectivity index (χ1v) is 16.4. The summed E-state index contributed by atoms with van der Waals surface area (Å²) in [6.07, 6.45) is 0.490. The molecule has 0 bridgehead atoms. The summed E-state index contributed by atoms with van der Waals surface area (Å²) < 4.78 is 41.0. The zero-order chi connectivity index (χ0) is 31.0. The monoisotopic (exact) mass is 623 g/mol. The van der Waals surface area contributed by atoms with Crippen LogP contribution in [0.2, 0.25) is 0 Å². The molecule has 4 aromatic rings. The second-order valence-electron chi connectivity index (χ2n) is 12.8. The average molecular weight is 624 g/mol. The molecule has 6 rings (SSSR count). The molecule has 1 aromatic carbocycles. The molecule has 1 unspecified atom stereocenters. The van der Waals surface area contributed by atoms with E-state index in [1.54, 1.807) is 6.07 Å². The Morgan fingerprint density at radius 1 is 1.07 bits per heavy atom. The van der Waals surface area contributed by atoms with E-state index in [0.29, 0.717) is 27.9 Å². The lowest BCUT2D eigenvalue weighted by atomic mass is 9.85. The summed E-state index contributed by atoms with van der Waals surface area (Å²) in [6.45, 7) is 10.3. The van der Waals surface area contributed by atoms with Gasteiger partial charge in [0.2, 0.25) is 0 Å². The SMILES string of the molecule is Cc1c(CN2CCC(Nc3ncnc4sc(CC(F)(F)F)cc34)CC2)ccc2c1cc(C#N)n2CC(C)C1CCN(C)CC1. The summed E-state index contributed by atoms with van der Waals surface area (Å²) in [5.41, 5.74) is 4.40. The van der Waals surface area contributed by atoms with Gasteiger partial charge in [-0.15, -0.1) is 11.3 Å². The molecule has 0 radical (unpaired) electrons. The van der Waals surface area contributed by atoms with Crippen LogP contribution in [0.5, 0.6) is 0 Å². The molecule has 2 saturated heterocycles.